The van der Waals surface area contributed by atoms with Crippen molar-refractivity contribution < 1.29 is 28.7 Å². The van der Waals surface area contributed by atoms with Crippen LogP contribution in [0.15, 0.2) is 18.0 Å². The number of imidazole rings is 1. The predicted octanol–water partition coefficient (Wildman–Crippen LogP) is -0.366. The topological polar surface area (TPSA) is 93.7 Å². The lowest BCUT2D eigenvalue weighted by molar-refractivity contribution is -0.674. The van der Waals surface area contributed by atoms with Crippen LogP contribution in [0, 0.1) is 0 Å². The minimum Gasteiger partial charge on any atom is -0.501 e. The predicted molar refractivity (Wildman–Crippen MR) is 71.6 cm³/mol. The molecule has 1 aliphatic heterocycles. The first-order valence-electron chi connectivity index (χ1n) is 6.62. The average Bonchev–Trinajstić information content (AvgIpc) is 2.80. The smallest absolute Gasteiger partial charge is 0.348 e. The van der Waals surface area contributed by atoms with Gasteiger partial charge in [-0.1, -0.05) is 0 Å². The molecule has 2 N–H and O–H groups in total. The van der Waals surface area contributed by atoms with E-state index in [4.69, 9.17) is 9.47 Å². The second kappa shape index (κ2) is 5.86. The van der Waals surface area contributed by atoms with Gasteiger partial charge < -0.3 is 14.6 Å². The number of aliphatic hydroxyl groups is 1. The van der Waals surface area contributed by atoms with E-state index in [1.807, 2.05) is 0 Å². The molecule has 21 heavy (non-hydrogen) atoms. The molecule has 8 heteroatoms. The lowest BCUT2D eigenvalue weighted by atomic mass is 10.0. The highest BCUT2D eigenvalue weighted by molar-refractivity contribution is 6.04. The highest BCUT2D eigenvalue weighted by Crippen LogP contribution is 2.23. The molecule has 1 aromatic heterocycles. The number of aromatic nitrogens is 2. The summed E-state index contributed by atoms with van der Waals surface area (Å²) in [5.74, 6) is -1.38. The Kier molecular flexibility index (Phi) is 4.15. The molecule has 1 aromatic rings. The monoisotopic (exact) mass is 296 g/mol. The Hall–Kier alpha value is -2.51. The number of aliphatic hydroxyl groups excluding tert-OH is 1. The van der Waals surface area contributed by atoms with E-state index in [2.05, 4.69) is 5.43 Å². The molecular formula is C13H18N3O5+. The molecule has 1 atom stereocenters. The fraction of sp³-hybridized carbons (Fsp3) is 0.462. The SMILES string of the molecule is CCOC(=O)C1=C(O)c2n(cc[n+]2C)NC1C(=O)OCC. The lowest BCUT2D eigenvalue weighted by Gasteiger charge is -2.22. The van der Waals surface area contributed by atoms with Gasteiger partial charge in [-0.3, -0.25) is 0 Å². The van der Waals surface area contributed by atoms with Crippen molar-refractivity contribution in [1.29, 1.82) is 0 Å². The van der Waals surface area contributed by atoms with Crippen molar-refractivity contribution in [2.75, 3.05) is 18.6 Å². The molecule has 1 aliphatic rings. The third-order valence-electron chi connectivity index (χ3n) is 3.04. The molecule has 0 aromatic carbocycles. The van der Waals surface area contributed by atoms with Gasteiger partial charge >= 0.3 is 17.8 Å². The van der Waals surface area contributed by atoms with E-state index in [9.17, 15) is 14.7 Å². The quantitative estimate of drug-likeness (QED) is 0.582. The van der Waals surface area contributed by atoms with E-state index in [1.165, 1.54) is 4.68 Å². The number of nitrogens with zero attached hydrogens (tertiary/aromatic N) is 2. The minimum atomic E-state index is -1.12. The standard InChI is InChI=1S/C13H17N3O5/c1-4-20-12(18)8-9(13(19)21-5-2)14-16-7-6-15(3)11(16)10(8)17/h6-7,9H,4-5H2,1-3H3,(H-,14,17,18)/p+1. The number of hydrogen-bond acceptors (Lipinski definition) is 6. The molecule has 0 amide bonds. The summed E-state index contributed by atoms with van der Waals surface area (Å²) < 4.78 is 12.9. The maximum atomic E-state index is 12.1. The van der Waals surface area contributed by atoms with Gasteiger partial charge in [-0.25, -0.2) is 19.6 Å². The van der Waals surface area contributed by atoms with Crippen LogP contribution in [-0.4, -0.2) is 41.0 Å². The van der Waals surface area contributed by atoms with Crippen molar-refractivity contribution in [2.24, 2.45) is 7.05 Å². The van der Waals surface area contributed by atoms with E-state index in [1.54, 1.807) is 37.9 Å². The molecule has 0 spiro atoms. The van der Waals surface area contributed by atoms with Crippen molar-refractivity contribution in [3.05, 3.63) is 23.8 Å². The van der Waals surface area contributed by atoms with Gasteiger partial charge in [-0.15, -0.1) is 4.68 Å². The number of rotatable bonds is 4. The number of hydrogen-bond donors (Lipinski definition) is 2. The number of nitrogens with one attached hydrogen (secondary N) is 1. The Labute approximate surface area is 121 Å². The lowest BCUT2D eigenvalue weighted by Crippen LogP contribution is -2.47. The van der Waals surface area contributed by atoms with Crippen LogP contribution in [0.25, 0.3) is 5.76 Å². The van der Waals surface area contributed by atoms with Gasteiger partial charge in [0.25, 0.3) is 0 Å². The molecule has 2 rings (SSSR count). The molecule has 8 nitrogen and oxygen atoms in total. The highest BCUT2D eigenvalue weighted by Gasteiger charge is 2.43. The van der Waals surface area contributed by atoms with E-state index in [0.29, 0.717) is 5.82 Å². The van der Waals surface area contributed by atoms with Gasteiger partial charge in [-0.05, 0) is 13.8 Å². The summed E-state index contributed by atoms with van der Waals surface area (Å²) in [6, 6.07) is -1.12. The first-order chi connectivity index (χ1) is 10.0. The molecule has 114 valence electrons. The van der Waals surface area contributed by atoms with Crippen molar-refractivity contribution >= 4 is 17.7 Å². The molecule has 0 radical (unpaired) electrons. The number of ether oxygens (including phenoxy) is 2. The van der Waals surface area contributed by atoms with Crippen LogP contribution in [0.4, 0.5) is 0 Å². The number of carbonyl (C=O) groups excluding carboxylic acids is 2. The maximum absolute atomic E-state index is 12.1. The van der Waals surface area contributed by atoms with Gasteiger partial charge in [0.2, 0.25) is 5.76 Å². The second-order valence-electron chi connectivity index (χ2n) is 4.40. The summed E-state index contributed by atoms with van der Waals surface area (Å²) in [5.41, 5.74) is 2.67. The van der Waals surface area contributed by atoms with E-state index >= 15 is 0 Å². The molecule has 0 aliphatic carbocycles. The summed E-state index contributed by atoms with van der Waals surface area (Å²) in [6.07, 6.45) is 3.30. The summed E-state index contributed by atoms with van der Waals surface area (Å²) in [5, 5.41) is 10.4. The van der Waals surface area contributed by atoms with Crippen LogP contribution >= 0.6 is 0 Å². The van der Waals surface area contributed by atoms with Crippen molar-refractivity contribution in [3.63, 3.8) is 0 Å². The Morgan fingerprint density at radius 2 is 2.05 bits per heavy atom. The Morgan fingerprint density at radius 3 is 2.67 bits per heavy atom. The van der Waals surface area contributed by atoms with Crippen LogP contribution in [-0.2, 0) is 26.1 Å². The van der Waals surface area contributed by atoms with E-state index in [-0.39, 0.29) is 24.5 Å². The third-order valence-corrected chi connectivity index (χ3v) is 3.04. The minimum absolute atomic E-state index is 0.137. The van der Waals surface area contributed by atoms with Gasteiger partial charge in [-0.2, -0.15) is 0 Å². The summed E-state index contributed by atoms with van der Waals surface area (Å²) in [7, 11) is 1.71. The molecule has 1 unspecified atom stereocenters. The zero-order valence-corrected chi connectivity index (χ0v) is 12.1. The molecular weight excluding hydrogens is 278 g/mol. The van der Waals surface area contributed by atoms with Crippen LogP contribution < -0.4 is 9.99 Å². The fourth-order valence-electron chi connectivity index (χ4n) is 2.14. The molecule has 0 saturated carbocycles. The first-order valence-corrected chi connectivity index (χ1v) is 6.62. The van der Waals surface area contributed by atoms with Gasteiger partial charge in [0.05, 0.1) is 20.3 Å². The van der Waals surface area contributed by atoms with Crippen LogP contribution in [0.2, 0.25) is 0 Å². The van der Waals surface area contributed by atoms with Gasteiger partial charge in [0.1, 0.15) is 11.8 Å². The van der Waals surface area contributed by atoms with Gasteiger partial charge in [0, 0.05) is 0 Å². The third kappa shape index (κ3) is 2.56. The number of aryl methyl sites for hydroxylation is 1. The average molecular weight is 296 g/mol. The zero-order valence-electron chi connectivity index (χ0n) is 12.1. The number of fused-ring (bicyclic) bond motifs is 1. The van der Waals surface area contributed by atoms with E-state index < -0.39 is 18.0 Å². The van der Waals surface area contributed by atoms with Gasteiger partial charge in [0.15, 0.2) is 12.2 Å². The normalized spacial score (nSPS) is 17.0. The molecule has 2 heterocycles. The first kappa shape index (κ1) is 14.9. The van der Waals surface area contributed by atoms with Crippen LogP contribution in [0.1, 0.15) is 19.7 Å². The zero-order chi connectivity index (χ0) is 15.6. The van der Waals surface area contributed by atoms with E-state index in [0.717, 1.165) is 0 Å². The second-order valence-corrected chi connectivity index (χ2v) is 4.40. The number of esters is 2. The van der Waals surface area contributed by atoms with Crippen LogP contribution in [0.3, 0.4) is 0 Å². The largest absolute Gasteiger partial charge is 0.501 e. The highest BCUT2D eigenvalue weighted by atomic mass is 16.5. The summed E-state index contributed by atoms with van der Waals surface area (Å²) in [4.78, 5) is 24.1. The molecule has 0 bridgehead atoms. The summed E-state index contributed by atoms with van der Waals surface area (Å²) in [6.45, 7) is 3.61. The fourth-order valence-corrected chi connectivity index (χ4v) is 2.14. The van der Waals surface area contributed by atoms with Crippen LogP contribution in [0.5, 0.6) is 0 Å². The van der Waals surface area contributed by atoms with Crippen molar-refractivity contribution in [2.45, 2.75) is 19.9 Å². The van der Waals surface area contributed by atoms with Crippen molar-refractivity contribution in [3.8, 4) is 0 Å². The Balaban J connectivity index is 2.50. The van der Waals surface area contributed by atoms with Crippen molar-refractivity contribution in [1.82, 2.24) is 4.68 Å². The molecule has 0 fully saturated rings. The maximum Gasteiger partial charge on any atom is 0.348 e. The Bertz CT molecular complexity index is 605. The Morgan fingerprint density at radius 1 is 1.38 bits per heavy atom. The summed E-state index contributed by atoms with van der Waals surface area (Å²) >= 11 is 0. The molecule has 0 saturated heterocycles. The number of carbonyl (C=O) groups is 2.